The third-order valence-electron chi connectivity index (χ3n) is 3.71. The van der Waals surface area contributed by atoms with E-state index in [4.69, 9.17) is 0 Å². The first-order valence-corrected chi connectivity index (χ1v) is 8.86. The topological polar surface area (TPSA) is 64.0 Å². The molecule has 1 N–H and O–H groups in total. The summed E-state index contributed by atoms with van der Waals surface area (Å²) in [5.41, 5.74) is 0.122. The fourth-order valence-corrected chi connectivity index (χ4v) is 3.68. The van der Waals surface area contributed by atoms with E-state index in [0.29, 0.717) is 5.82 Å². The summed E-state index contributed by atoms with van der Waals surface area (Å²) in [4.78, 5) is 3.88. The Hall–Kier alpha value is -2.58. The highest BCUT2D eigenvalue weighted by Gasteiger charge is 2.27. The number of aromatic nitrogens is 2. The van der Waals surface area contributed by atoms with Gasteiger partial charge in [-0.3, -0.25) is 0 Å². The number of rotatable bonds is 5. The van der Waals surface area contributed by atoms with Crippen LogP contribution < -0.4 is 4.72 Å². The molecule has 3 rings (SSSR count). The quantitative estimate of drug-likeness (QED) is 0.758. The zero-order valence-electron chi connectivity index (χ0n) is 13.2. The summed E-state index contributed by atoms with van der Waals surface area (Å²) in [6.07, 6.45) is 3.11. The molecule has 0 amide bonds. The zero-order chi connectivity index (χ0) is 18.0. The van der Waals surface area contributed by atoms with E-state index in [1.807, 2.05) is 0 Å². The van der Waals surface area contributed by atoms with Gasteiger partial charge < -0.3 is 4.57 Å². The Kier molecular flexibility index (Phi) is 4.65. The van der Waals surface area contributed by atoms with Crippen LogP contribution in [0.3, 0.4) is 0 Å². The molecule has 25 heavy (non-hydrogen) atoms. The summed E-state index contributed by atoms with van der Waals surface area (Å²) in [6.45, 7) is 0. The molecular formula is C17H15F2N3O2S. The molecule has 130 valence electrons. The Labute approximate surface area is 144 Å². The van der Waals surface area contributed by atoms with Crippen molar-refractivity contribution in [1.29, 1.82) is 0 Å². The maximum absolute atomic E-state index is 14.3. The molecular weight excluding hydrogens is 348 g/mol. The van der Waals surface area contributed by atoms with Crippen LogP contribution in [0, 0.1) is 11.6 Å². The van der Waals surface area contributed by atoms with Gasteiger partial charge in [-0.05, 0) is 24.3 Å². The Bertz CT molecular complexity index is 1000. The summed E-state index contributed by atoms with van der Waals surface area (Å²) in [5, 5.41) is 0. The third-order valence-corrected chi connectivity index (χ3v) is 5.13. The highest BCUT2D eigenvalue weighted by Crippen LogP contribution is 2.25. The Morgan fingerprint density at radius 3 is 2.52 bits per heavy atom. The lowest BCUT2D eigenvalue weighted by molar-refractivity contribution is 0.543. The Balaban J connectivity index is 2.07. The minimum atomic E-state index is -4.10. The molecule has 0 aliphatic heterocycles. The van der Waals surface area contributed by atoms with Gasteiger partial charge in [-0.2, -0.15) is 4.72 Å². The second-order valence-electron chi connectivity index (χ2n) is 5.43. The highest BCUT2D eigenvalue weighted by atomic mass is 32.2. The number of benzene rings is 2. The average molecular weight is 363 g/mol. The normalized spacial score (nSPS) is 12.9. The lowest BCUT2D eigenvalue weighted by atomic mass is 10.1. The van der Waals surface area contributed by atoms with Gasteiger partial charge in [0.05, 0.1) is 4.90 Å². The average Bonchev–Trinajstić information content (AvgIpc) is 2.99. The smallest absolute Gasteiger partial charge is 0.241 e. The van der Waals surface area contributed by atoms with E-state index in [1.165, 1.54) is 36.5 Å². The number of imidazole rings is 1. The van der Waals surface area contributed by atoms with E-state index < -0.39 is 27.7 Å². The molecule has 0 aliphatic carbocycles. The molecule has 3 aromatic rings. The predicted molar refractivity (Wildman–Crippen MR) is 88.2 cm³/mol. The van der Waals surface area contributed by atoms with Crippen molar-refractivity contribution < 1.29 is 17.2 Å². The van der Waals surface area contributed by atoms with Crippen molar-refractivity contribution in [2.24, 2.45) is 7.05 Å². The summed E-state index contributed by atoms with van der Waals surface area (Å²) in [7, 11) is -2.43. The van der Waals surface area contributed by atoms with Crippen LogP contribution >= 0.6 is 0 Å². The molecule has 1 aromatic heterocycles. The van der Waals surface area contributed by atoms with Gasteiger partial charge in [0.15, 0.2) is 0 Å². The third kappa shape index (κ3) is 3.59. The van der Waals surface area contributed by atoms with Crippen LogP contribution in [0.25, 0.3) is 0 Å². The van der Waals surface area contributed by atoms with E-state index in [-0.39, 0.29) is 10.5 Å². The second kappa shape index (κ2) is 6.73. The van der Waals surface area contributed by atoms with Crippen molar-refractivity contribution in [3.8, 4) is 0 Å². The fourth-order valence-electron chi connectivity index (χ4n) is 2.48. The molecule has 1 atom stereocenters. The first-order valence-electron chi connectivity index (χ1n) is 7.38. The van der Waals surface area contributed by atoms with Crippen LogP contribution in [0.1, 0.15) is 17.4 Å². The molecule has 0 saturated heterocycles. The zero-order valence-corrected chi connectivity index (χ0v) is 14.0. The van der Waals surface area contributed by atoms with Crippen LogP contribution in [0.4, 0.5) is 8.78 Å². The summed E-state index contributed by atoms with van der Waals surface area (Å²) in [6, 6.07) is 9.37. The van der Waals surface area contributed by atoms with Gasteiger partial charge in [0.25, 0.3) is 0 Å². The van der Waals surface area contributed by atoms with Crippen LogP contribution in [-0.2, 0) is 17.1 Å². The minimum absolute atomic E-state index is 0.122. The first-order chi connectivity index (χ1) is 11.9. The molecule has 0 fully saturated rings. The lowest BCUT2D eigenvalue weighted by Crippen LogP contribution is -2.31. The van der Waals surface area contributed by atoms with Crippen molar-refractivity contribution in [2.75, 3.05) is 0 Å². The van der Waals surface area contributed by atoms with Gasteiger partial charge in [0.1, 0.15) is 23.5 Å². The molecule has 0 radical (unpaired) electrons. The van der Waals surface area contributed by atoms with Crippen molar-refractivity contribution >= 4 is 10.0 Å². The Morgan fingerprint density at radius 2 is 1.88 bits per heavy atom. The SMILES string of the molecule is Cn1ccnc1[C@H](NS(=O)(=O)c1cccc(F)c1)c1ccccc1F. The number of hydrogen-bond acceptors (Lipinski definition) is 3. The molecule has 5 nitrogen and oxygen atoms in total. The predicted octanol–water partition coefficient (Wildman–Crippen LogP) is 2.77. The number of nitrogens with one attached hydrogen (secondary N) is 1. The maximum Gasteiger partial charge on any atom is 0.241 e. The van der Waals surface area contributed by atoms with Crippen molar-refractivity contribution in [3.05, 3.63) is 83.9 Å². The van der Waals surface area contributed by atoms with E-state index in [0.717, 1.165) is 12.1 Å². The number of nitrogens with zero attached hydrogens (tertiary/aromatic N) is 2. The van der Waals surface area contributed by atoms with Crippen LogP contribution in [0.2, 0.25) is 0 Å². The standard InChI is InChI=1S/C17H15F2N3O2S/c1-22-10-9-20-17(22)16(14-7-2-3-8-15(14)19)21-25(23,24)13-6-4-5-12(18)11-13/h2-11,16,21H,1H3/t16-/m1/s1. The minimum Gasteiger partial charge on any atom is -0.336 e. The van der Waals surface area contributed by atoms with Gasteiger partial charge in [0.2, 0.25) is 10.0 Å². The molecule has 0 saturated carbocycles. The second-order valence-corrected chi connectivity index (χ2v) is 7.14. The van der Waals surface area contributed by atoms with Crippen LogP contribution in [-0.4, -0.2) is 18.0 Å². The van der Waals surface area contributed by atoms with Crippen LogP contribution in [0.15, 0.2) is 65.8 Å². The number of aryl methyl sites for hydroxylation is 1. The van der Waals surface area contributed by atoms with E-state index >= 15 is 0 Å². The van der Waals surface area contributed by atoms with E-state index in [2.05, 4.69) is 9.71 Å². The maximum atomic E-state index is 14.3. The van der Waals surface area contributed by atoms with Crippen molar-refractivity contribution in [2.45, 2.75) is 10.9 Å². The molecule has 0 aliphatic rings. The number of halogens is 2. The van der Waals surface area contributed by atoms with Gasteiger partial charge in [-0.15, -0.1) is 0 Å². The highest BCUT2D eigenvalue weighted by molar-refractivity contribution is 7.89. The van der Waals surface area contributed by atoms with Gasteiger partial charge in [-0.25, -0.2) is 22.2 Å². The largest absolute Gasteiger partial charge is 0.336 e. The lowest BCUT2D eigenvalue weighted by Gasteiger charge is -2.19. The number of sulfonamides is 1. The Morgan fingerprint density at radius 1 is 1.12 bits per heavy atom. The van der Waals surface area contributed by atoms with Crippen LogP contribution in [0.5, 0.6) is 0 Å². The van der Waals surface area contributed by atoms with Gasteiger partial charge in [0, 0.05) is 25.0 Å². The van der Waals surface area contributed by atoms with Crippen molar-refractivity contribution in [1.82, 2.24) is 14.3 Å². The summed E-state index contributed by atoms with van der Waals surface area (Å²) < 4.78 is 57.0. The van der Waals surface area contributed by atoms with E-state index in [1.54, 1.807) is 23.9 Å². The molecule has 1 heterocycles. The fraction of sp³-hybridized carbons (Fsp3) is 0.118. The van der Waals surface area contributed by atoms with Gasteiger partial charge in [-0.1, -0.05) is 24.3 Å². The molecule has 2 aromatic carbocycles. The van der Waals surface area contributed by atoms with Crippen molar-refractivity contribution in [3.63, 3.8) is 0 Å². The molecule has 0 bridgehead atoms. The monoisotopic (exact) mass is 363 g/mol. The molecule has 8 heteroatoms. The van der Waals surface area contributed by atoms with E-state index in [9.17, 15) is 17.2 Å². The van der Waals surface area contributed by atoms with Gasteiger partial charge >= 0.3 is 0 Å². The molecule has 0 spiro atoms. The number of hydrogen-bond donors (Lipinski definition) is 1. The summed E-state index contributed by atoms with van der Waals surface area (Å²) in [5.74, 6) is -0.940. The molecule has 0 unspecified atom stereocenters. The first kappa shape index (κ1) is 17.2. The summed E-state index contributed by atoms with van der Waals surface area (Å²) >= 11 is 0.